The van der Waals surface area contributed by atoms with Crippen molar-refractivity contribution < 1.29 is 60.6 Å². The Morgan fingerprint density at radius 1 is 1.20 bits per heavy atom. The van der Waals surface area contributed by atoms with E-state index in [0.29, 0.717) is 0 Å². The predicted molar refractivity (Wildman–Crippen MR) is 41.7 cm³/mol. The van der Waals surface area contributed by atoms with E-state index in [2.05, 4.69) is 0 Å². The summed E-state index contributed by atoms with van der Waals surface area (Å²) >= 11 is 0. The summed E-state index contributed by atoms with van der Waals surface area (Å²) in [5, 5.41) is 32.7. The smallest absolute Gasteiger partial charge is 0.331 e. The van der Waals surface area contributed by atoms with Crippen LogP contribution in [0.4, 0.5) is 0 Å². The summed E-state index contributed by atoms with van der Waals surface area (Å²) < 4.78 is 28.5. The number of aliphatic hydroxyl groups is 4. The molecule has 0 amide bonds. The van der Waals surface area contributed by atoms with Crippen LogP contribution in [0.5, 0.6) is 0 Å². The number of carbonyl (C=O) groups excluding carboxylic acids is 1. The molecule has 0 heterocycles. The van der Waals surface area contributed by atoms with Crippen molar-refractivity contribution in [3.05, 3.63) is 0 Å². The third-order valence-electron chi connectivity index (χ3n) is 1.40. The fourth-order valence-corrected chi connectivity index (χ4v) is 1.06. The van der Waals surface area contributed by atoms with Crippen molar-refractivity contribution in [1.29, 1.82) is 0 Å². The Labute approximate surface area is 101 Å². The Morgan fingerprint density at radius 2 is 1.60 bits per heavy atom. The monoisotopic (exact) mass is 427 g/mol. The first-order valence-corrected chi connectivity index (χ1v) is 4.82. The van der Waals surface area contributed by atoms with Crippen LogP contribution in [0.1, 0.15) is 0 Å². The van der Waals surface area contributed by atoms with Crippen molar-refractivity contribution in [3.63, 3.8) is 0 Å². The zero-order valence-electron chi connectivity index (χ0n) is 7.11. The van der Waals surface area contributed by atoms with Gasteiger partial charge in [0, 0.05) is 22.4 Å². The Hall–Kier alpha value is 0.160. The average Bonchev–Trinajstić information content (AvgIpc) is 2.11. The first-order valence-electron chi connectivity index (χ1n) is 3.38. The Balaban J connectivity index is 0. The van der Waals surface area contributed by atoms with Gasteiger partial charge < -0.3 is 20.4 Å². The van der Waals surface area contributed by atoms with E-state index in [1.807, 2.05) is 0 Å². The van der Waals surface area contributed by atoms with Crippen LogP contribution < -0.4 is 0 Å². The van der Waals surface area contributed by atoms with Gasteiger partial charge in [0.1, 0.15) is 12.2 Å². The Morgan fingerprint density at radius 3 is 1.87 bits per heavy atom. The van der Waals surface area contributed by atoms with E-state index in [-0.39, 0.29) is 22.4 Å². The Kier molecular flexibility index (Phi) is 7.82. The van der Waals surface area contributed by atoms with Gasteiger partial charge >= 0.3 is 15.2 Å². The minimum atomic E-state index is -5.13. The van der Waals surface area contributed by atoms with Gasteiger partial charge in [-0.15, -0.1) is 0 Å². The van der Waals surface area contributed by atoms with Crippen LogP contribution in [-0.4, -0.2) is 63.4 Å². The molecule has 0 aliphatic carbocycles. The van der Waals surface area contributed by atoms with Crippen LogP contribution in [-0.2, 0) is 37.3 Å². The maximum atomic E-state index is 10.6. The molecule has 0 saturated heterocycles. The number of carbonyl (C=O) groups is 1. The third-order valence-corrected chi connectivity index (χ3v) is 2.15. The molecule has 1 radical (unpaired) electrons. The number of hydrogen-bond donors (Lipinski definition) is 5. The molecule has 0 aromatic carbocycles. The molecular weight excluding hydrogens is 417 g/mol. The summed E-state index contributed by atoms with van der Waals surface area (Å²) in [5.74, 6) is 0. The van der Waals surface area contributed by atoms with E-state index in [1.165, 1.54) is 0 Å². The van der Waals surface area contributed by atoms with E-state index < -0.39 is 40.2 Å². The van der Waals surface area contributed by atoms with Crippen molar-refractivity contribution in [3.8, 4) is 0 Å². The molecule has 0 bridgehead atoms. The van der Waals surface area contributed by atoms with Gasteiger partial charge in [0.15, 0.2) is 6.10 Å². The van der Waals surface area contributed by atoms with Crippen molar-refractivity contribution in [2.24, 2.45) is 0 Å². The zero-order chi connectivity index (χ0) is 11.5. The molecule has 10 heteroatoms. The first kappa shape index (κ1) is 17.6. The second-order valence-corrected chi connectivity index (χ2v) is 3.83. The standard InChI is InChI=1S/C5H10O8S.Au/c6-1-2(7)3(8)4(9)5(10)14(11,12)13;/h2-4,6-9H,1H2,(H,11,12,13);/t2-,3-,4+;/m1./s1. The van der Waals surface area contributed by atoms with Gasteiger partial charge in [0.2, 0.25) is 0 Å². The SMILES string of the molecule is O=C([C@@H](O)[C@H](O)[C@H](O)CO)S(=O)(=O)O.[Au]. The van der Waals surface area contributed by atoms with E-state index in [9.17, 15) is 13.2 Å². The van der Waals surface area contributed by atoms with Gasteiger partial charge in [-0.25, -0.2) is 0 Å². The van der Waals surface area contributed by atoms with Crippen molar-refractivity contribution in [2.75, 3.05) is 6.61 Å². The van der Waals surface area contributed by atoms with Crippen molar-refractivity contribution >= 4 is 15.2 Å². The summed E-state index contributed by atoms with van der Waals surface area (Å²) in [6.45, 7) is -0.975. The van der Waals surface area contributed by atoms with Gasteiger partial charge in [0.05, 0.1) is 6.61 Å². The fraction of sp³-hybridized carbons (Fsp3) is 0.800. The minimum Gasteiger partial charge on any atom is -0.394 e. The van der Waals surface area contributed by atoms with E-state index in [0.717, 1.165) is 0 Å². The number of aliphatic hydroxyl groups excluding tert-OH is 4. The predicted octanol–water partition coefficient (Wildman–Crippen LogP) is -3.53. The number of hydrogen-bond acceptors (Lipinski definition) is 7. The maximum absolute atomic E-state index is 10.6. The maximum Gasteiger partial charge on any atom is 0.331 e. The second kappa shape index (κ2) is 6.68. The molecule has 15 heavy (non-hydrogen) atoms. The molecule has 0 aliphatic heterocycles. The summed E-state index contributed by atoms with van der Waals surface area (Å²) in [4.78, 5) is 10.6. The summed E-state index contributed by atoms with van der Waals surface area (Å²) in [6, 6.07) is 0. The Bertz CT molecular complexity index is 300. The van der Waals surface area contributed by atoms with Crippen molar-refractivity contribution in [2.45, 2.75) is 18.3 Å². The van der Waals surface area contributed by atoms with Gasteiger partial charge in [-0.3, -0.25) is 9.35 Å². The van der Waals surface area contributed by atoms with Crippen LogP contribution in [0.15, 0.2) is 0 Å². The summed E-state index contributed by atoms with van der Waals surface area (Å²) in [7, 11) is -5.13. The number of rotatable bonds is 4. The first-order chi connectivity index (χ1) is 6.21. The second-order valence-electron chi connectivity index (χ2n) is 2.48. The molecule has 0 rings (SSSR count). The van der Waals surface area contributed by atoms with Gasteiger partial charge in [-0.2, -0.15) is 8.42 Å². The third kappa shape index (κ3) is 5.15. The van der Waals surface area contributed by atoms with Crippen molar-refractivity contribution in [1.82, 2.24) is 0 Å². The molecule has 0 spiro atoms. The van der Waals surface area contributed by atoms with Crippen LogP contribution in [0, 0.1) is 0 Å². The van der Waals surface area contributed by atoms with Crippen LogP contribution in [0.25, 0.3) is 0 Å². The molecule has 0 aromatic rings. The quantitative estimate of drug-likeness (QED) is 0.229. The molecule has 0 aromatic heterocycles. The van der Waals surface area contributed by atoms with E-state index >= 15 is 0 Å². The van der Waals surface area contributed by atoms with Crippen LogP contribution in [0.2, 0.25) is 0 Å². The van der Waals surface area contributed by atoms with Crippen LogP contribution >= 0.6 is 0 Å². The molecule has 0 aliphatic rings. The molecule has 0 fully saturated rings. The normalized spacial score (nSPS) is 17.4. The van der Waals surface area contributed by atoms with Gasteiger partial charge in [0.25, 0.3) is 0 Å². The zero-order valence-corrected chi connectivity index (χ0v) is 10.1. The largest absolute Gasteiger partial charge is 0.394 e. The summed E-state index contributed by atoms with van der Waals surface area (Å²) in [6.07, 6.45) is -6.57. The fourth-order valence-electron chi connectivity index (χ4n) is 0.610. The molecule has 8 nitrogen and oxygen atoms in total. The summed E-state index contributed by atoms with van der Waals surface area (Å²) in [5.41, 5.74) is 0. The topological polar surface area (TPSA) is 152 Å². The molecule has 5 N–H and O–H groups in total. The van der Waals surface area contributed by atoms with E-state index in [4.69, 9.17) is 25.0 Å². The average molecular weight is 427 g/mol. The molecule has 0 unspecified atom stereocenters. The van der Waals surface area contributed by atoms with Gasteiger partial charge in [-0.05, 0) is 0 Å². The van der Waals surface area contributed by atoms with E-state index in [1.54, 1.807) is 0 Å². The molecular formula is C5H10AuO8S. The molecule has 0 saturated carbocycles. The molecule has 95 valence electrons. The van der Waals surface area contributed by atoms with Crippen LogP contribution in [0.3, 0.4) is 0 Å². The van der Waals surface area contributed by atoms with Gasteiger partial charge in [-0.1, -0.05) is 0 Å². The minimum absolute atomic E-state index is 0. The molecule has 3 atom stereocenters.